The molecule has 1 heterocycles. The molecule has 3 rings (SSSR count). The van der Waals surface area contributed by atoms with Crippen LogP contribution < -0.4 is 5.32 Å². The number of nitrogens with zero attached hydrogens (tertiary/aromatic N) is 3. The summed E-state index contributed by atoms with van der Waals surface area (Å²) in [6, 6.07) is 7.09. The largest absolute Gasteiger partial charge is 0.319 e. The fraction of sp³-hybridized carbons (Fsp3) is 0.273. The number of anilines is 1. The summed E-state index contributed by atoms with van der Waals surface area (Å²) in [6.07, 6.45) is 0.673. The predicted octanol–water partition coefficient (Wildman–Crippen LogP) is 5.19. The van der Waals surface area contributed by atoms with E-state index in [4.69, 9.17) is 0 Å². The Morgan fingerprint density at radius 2 is 1.87 bits per heavy atom. The van der Waals surface area contributed by atoms with Gasteiger partial charge in [-0.2, -0.15) is 5.10 Å². The van der Waals surface area contributed by atoms with Crippen LogP contribution in [0.5, 0.6) is 0 Å². The van der Waals surface area contributed by atoms with Crippen molar-refractivity contribution in [1.82, 2.24) is 9.78 Å². The maximum absolute atomic E-state index is 14.2. The van der Waals surface area contributed by atoms with Crippen LogP contribution in [0.4, 0.5) is 20.2 Å². The van der Waals surface area contributed by atoms with Gasteiger partial charge in [-0.05, 0) is 62.6 Å². The Hall–Kier alpha value is -3.62. The number of hydrogen-bond donors (Lipinski definition) is 1. The van der Waals surface area contributed by atoms with Crippen molar-refractivity contribution < 1.29 is 18.5 Å². The third kappa shape index (κ3) is 4.16. The first kappa shape index (κ1) is 22.1. The average molecular weight is 428 g/mol. The Morgan fingerprint density at radius 3 is 2.48 bits per heavy atom. The maximum Gasteiger partial charge on any atom is 0.279 e. The summed E-state index contributed by atoms with van der Waals surface area (Å²) < 4.78 is 29.9. The van der Waals surface area contributed by atoms with Crippen LogP contribution in [-0.2, 0) is 13.0 Å². The van der Waals surface area contributed by atoms with Gasteiger partial charge in [0.2, 0.25) is 0 Å². The van der Waals surface area contributed by atoms with E-state index >= 15 is 0 Å². The first-order valence-electron chi connectivity index (χ1n) is 9.79. The van der Waals surface area contributed by atoms with Crippen LogP contribution in [0.2, 0.25) is 0 Å². The van der Waals surface area contributed by atoms with Crippen molar-refractivity contribution in [3.63, 3.8) is 0 Å². The van der Waals surface area contributed by atoms with Crippen molar-refractivity contribution in [2.24, 2.45) is 0 Å². The molecule has 1 N–H and O–H groups in total. The summed E-state index contributed by atoms with van der Waals surface area (Å²) in [5, 5.41) is 18.4. The molecule has 3 aromatic rings. The second kappa shape index (κ2) is 8.63. The fourth-order valence-electron chi connectivity index (χ4n) is 3.27. The van der Waals surface area contributed by atoms with E-state index in [0.29, 0.717) is 29.8 Å². The average Bonchev–Trinajstić information content (AvgIpc) is 3.18. The normalized spacial score (nSPS) is 10.9. The van der Waals surface area contributed by atoms with Gasteiger partial charge in [0.1, 0.15) is 0 Å². The molecule has 162 valence electrons. The number of nitro groups is 1. The second-order valence-corrected chi connectivity index (χ2v) is 7.13. The number of amides is 1. The molecule has 0 aliphatic heterocycles. The molecule has 0 saturated heterocycles. The molecule has 0 aliphatic rings. The summed E-state index contributed by atoms with van der Waals surface area (Å²) >= 11 is 0. The highest BCUT2D eigenvalue weighted by Crippen LogP contribution is 2.32. The minimum atomic E-state index is -1.18. The summed E-state index contributed by atoms with van der Waals surface area (Å²) in [4.78, 5) is 23.8. The maximum atomic E-state index is 14.2. The number of nitrogens with one attached hydrogen (secondary N) is 1. The van der Waals surface area contributed by atoms with Crippen LogP contribution in [0.1, 0.15) is 41.0 Å². The lowest BCUT2D eigenvalue weighted by molar-refractivity contribution is -0.384. The van der Waals surface area contributed by atoms with E-state index < -0.39 is 22.5 Å². The standard InChI is InChI=1S/C22H22F2N4O3/c1-5-15-11-18(27(6-2)26-15)16-8-7-14(10-19(16)28(30)31)22(29)25-17-9-12(3)13(4)20(23)21(17)24/h7-11H,5-6H2,1-4H3,(H,25,29). The first-order valence-corrected chi connectivity index (χ1v) is 9.79. The van der Waals surface area contributed by atoms with Crippen LogP contribution in [0, 0.1) is 35.6 Å². The van der Waals surface area contributed by atoms with Crippen molar-refractivity contribution in [3.8, 4) is 11.3 Å². The molecule has 0 unspecified atom stereocenters. The number of halogens is 2. The third-order valence-electron chi connectivity index (χ3n) is 5.18. The number of hydrogen-bond acceptors (Lipinski definition) is 4. The molecule has 0 fully saturated rings. The third-order valence-corrected chi connectivity index (χ3v) is 5.18. The van der Waals surface area contributed by atoms with Gasteiger partial charge in [0, 0.05) is 18.2 Å². The number of aryl methyl sites for hydroxylation is 3. The predicted molar refractivity (Wildman–Crippen MR) is 113 cm³/mol. The van der Waals surface area contributed by atoms with E-state index in [9.17, 15) is 23.7 Å². The second-order valence-electron chi connectivity index (χ2n) is 7.13. The van der Waals surface area contributed by atoms with Crippen LogP contribution in [0.15, 0.2) is 30.3 Å². The van der Waals surface area contributed by atoms with Crippen molar-refractivity contribution >= 4 is 17.3 Å². The molecule has 1 aromatic heterocycles. The Morgan fingerprint density at radius 1 is 1.16 bits per heavy atom. The quantitative estimate of drug-likeness (QED) is 0.432. The highest BCUT2D eigenvalue weighted by Gasteiger charge is 2.23. The fourth-order valence-corrected chi connectivity index (χ4v) is 3.27. The van der Waals surface area contributed by atoms with Crippen LogP contribution in [0.25, 0.3) is 11.3 Å². The van der Waals surface area contributed by atoms with Crippen LogP contribution >= 0.6 is 0 Å². The summed E-state index contributed by atoms with van der Waals surface area (Å²) in [6.45, 7) is 7.36. The molecule has 0 radical (unpaired) electrons. The highest BCUT2D eigenvalue weighted by atomic mass is 19.2. The van der Waals surface area contributed by atoms with Gasteiger partial charge in [-0.25, -0.2) is 8.78 Å². The molecule has 0 saturated carbocycles. The summed E-state index contributed by atoms with van der Waals surface area (Å²) in [5.74, 6) is -3.01. The Kier molecular flexibility index (Phi) is 6.14. The molecule has 2 aromatic carbocycles. The van der Waals surface area contributed by atoms with Gasteiger partial charge in [0.25, 0.3) is 11.6 Å². The zero-order valence-electron chi connectivity index (χ0n) is 17.6. The Balaban J connectivity index is 2.01. The summed E-state index contributed by atoms with van der Waals surface area (Å²) in [7, 11) is 0. The number of aromatic nitrogens is 2. The Labute approximate surface area is 177 Å². The molecule has 7 nitrogen and oxygen atoms in total. The van der Waals surface area contributed by atoms with Crippen molar-refractivity contribution in [1.29, 1.82) is 0 Å². The Bertz CT molecular complexity index is 1190. The van der Waals surface area contributed by atoms with Crippen LogP contribution in [0.3, 0.4) is 0 Å². The van der Waals surface area contributed by atoms with Gasteiger partial charge in [-0.15, -0.1) is 0 Å². The molecule has 0 aliphatic carbocycles. The minimum absolute atomic E-state index is 0.0493. The lowest BCUT2D eigenvalue weighted by atomic mass is 10.0. The van der Waals surface area contributed by atoms with E-state index in [1.807, 2.05) is 13.8 Å². The lowest BCUT2D eigenvalue weighted by Crippen LogP contribution is -2.15. The van der Waals surface area contributed by atoms with E-state index in [2.05, 4.69) is 10.4 Å². The number of nitro benzene ring substituents is 1. The lowest BCUT2D eigenvalue weighted by Gasteiger charge is -2.11. The van der Waals surface area contributed by atoms with E-state index in [1.165, 1.54) is 25.1 Å². The van der Waals surface area contributed by atoms with Gasteiger partial charge in [-0.3, -0.25) is 19.6 Å². The van der Waals surface area contributed by atoms with E-state index in [1.54, 1.807) is 17.7 Å². The molecule has 1 amide bonds. The minimum Gasteiger partial charge on any atom is -0.319 e. The van der Waals surface area contributed by atoms with Gasteiger partial charge < -0.3 is 5.32 Å². The van der Waals surface area contributed by atoms with E-state index in [-0.39, 0.29) is 22.5 Å². The monoisotopic (exact) mass is 428 g/mol. The number of carbonyl (C=O) groups excluding carboxylic acids is 1. The van der Waals surface area contributed by atoms with Crippen molar-refractivity contribution in [3.05, 3.63) is 74.5 Å². The van der Waals surface area contributed by atoms with Crippen LogP contribution in [-0.4, -0.2) is 20.6 Å². The van der Waals surface area contributed by atoms with Gasteiger partial charge in [0.15, 0.2) is 11.6 Å². The molecule has 0 bridgehead atoms. The smallest absolute Gasteiger partial charge is 0.279 e. The molecule has 31 heavy (non-hydrogen) atoms. The van der Waals surface area contributed by atoms with Gasteiger partial charge >= 0.3 is 0 Å². The topological polar surface area (TPSA) is 90.1 Å². The van der Waals surface area contributed by atoms with Gasteiger partial charge in [-0.1, -0.05) is 6.92 Å². The first-order chi connectivity index (χ1) is 14.7. The van der Waals surface area contributed by atoms with E-state index in [0.717, 1.165) is 11.8 Å². The molecular formula is C22H22F2N4O3. The number of carbonyl (C=O) groups is 1. The number of rotatable bonds is 6. The van der Waals surface area contributed by atoms with Gasteiger partial charge in [0.05, 0.1) is 27.6 Å². The molecule has 9 heteroatoms. The number of benzene rings is 2. The van der Waals surface area contributed by atoms with Crippen molar-refractivity contribution in [2.45, 2.75) is 40.7 Å². The molecule has 0 atom stereocenters. The highest BCUT2D eigenvalue weighted by molar-refractivity contribution is 6.05. The summed E-state index contributed by atoms with van der Waals surface area (Å²) in [5.41, 5.74) is 1.64. The molecule has 0 spiro atoms. The zero-order chi connectivity index (χ0) is 22.9. The SMILES string of the molecule is CCc1cc(-c2ccc(C(=O)Nc3cc(C)c(C)c(F)c3F)cc2[N+](=O)[O-])n(CC)n1. The molecular weight excluding hydrogens is 406 g/mol. The van der Waals surface area contributed by atoms with Crippen molar-refractivity contribution in [2.75, 3.05) is 5.32 Å². The zero-order valence-corrected chi connectivity index (χ0v) is 17.6.